The highest BCUT2D eigenvalue weighted by Gasteiger charge is 2.20. The maximum Gasteiger partial charge on any atom is 0.122 e. The van der Waals surface area contributed by atoms with E-state index in [0.29, 0.717) is 6.04 Å². The van der Waals surface area contributed by atoms with Gasteiger partial charge in [-0.2, -0.15) is 11.8 Å². The first-order valence-electron chi connectivity index (χ1n) is 7.31. The Bertz CT molecular complexity index is 378. The summed E-state index contributed by atoms with van der Waals surface area (Å²) in [5.41, 5.74) is 1.31. The number of thioether (sulfide) groups is 1. The van der Waals surface area contributed by atoms with Gasteiger partial charge in [0.2, 0.25) is 0 Å². The first-order chi connectivity index (χ1) is 9.19. The van der Waals surface area contributed by atoms with Gasteiger partial charge in [0.15, 0.2) is 0 Å². The van der Waals surface area contributed by atoms with Gasteiger partial charge in [-0.25, -0.2) is 0 Å². The van der Waals surface area contributed by atoms with Gasteiger partial charge in [0.25, 0.3) is 0 Å². The molecule has 1 N–H and O–H groups in total. The van der Waals surface area contributed by atoms with Gasteiger partial charge in [-0.3, -0.25) is 4.90 Å². The summed E-state index contributed by atoms with van der Waals surface area (Å²) in [5, 5.41) is 4.26. The van der Waals surface area contributed by atoms with Gasteiger partial charge in [-0.05, 0) is 12.5 Å². The van der Waals surface area contributed by atoms with Crippen LogP contribution in [0.15, 0.2) is 16.7 Å². The van der Waals surface area contributed by atoms with E-state index < -0.39 is 0 Å². The molecule has 0 radical (unpaired) electrons. The van der Waals surface area contributed by atoms with Gasteiger partial charge in [-0.15, -0.1) is 0 Å². The number of nitrogens with zero attached hydrogens (tertiary/aromatic N) is 1. The van der Waals surface area contributed by atoms with Crippen molar-refractivity contribution in [2.75, 3.05) is 18.8 Å². The molecule has 108 valence electrons. The lowest BCUT2D eigenvalue weighted by Crippen LogP contribution is -2.37. The highest BCUT2D eigenvalue weighted by molar-refractivity contribution is 8.00. The molecular weight excluding hydrogens is 256 g/mol. The van der Waals surface area contributed by atoms with Gasteiger partial charge >= 0.3 is 0 Å². The minimum Gasteiger partial charge on any atom is -0.468 e. The zero-order valence-corrected chi connectivity index (χ0v) is 13.1. The summed E-state index contributed by atoms with van der Waals surface area (Å²) in [6, 6.07) is 2.61. The molecule has 1 fully saturated rings. The first-order valence-corrected chi connectivity index (χ1v) is 8.36. The zero-order chi connectivity index (χ0) is 13.7. The number of nitrogens with one attached hydrogen (secondary N) is 1. The van der Waals surface area contributed by atoms with Crippen LogP contribution in [0.5, 0.6) is 0 Å². The molecular formula is C15H26N2OS. The monoisotopic (exact) mass is 282 g/mol. The van der Waals surface area contributed by atoms with Crippen LogP contribution in [0.2, 0.25) is 0 Å². The predicted molar refractivity (Wildman–Crippen MR) is 82.5 cm³/mol. The van der Waals surface area contributed by atoms with Crippen molar-refractivity contribution in [3.63, 3.8) is 0 Å². The molecule has 4 heteroatoms. The fraction of sp³-hybridized carbons (Fsp3) is 0.733. The summed E-state index contributed by atoms with van der Waals surface area (Å²) in [7, 11) is 0. The molecule has 0 aliphatic carbocycles. The molecule has 1 unspecified atom stereocenters. The fourth-order valence-electron chi connectivity index (χ4n) is 2.35. The third kappa shape index (κ3) is 4.55. The molecule has 3 nitrogen and oxygen atoms in total. The first kappa shape index (κ1) is 14.9. The Kier molecular flexibility index (Phi) is 5.79. The van der Waals surface area contributed by atoms with Crippen LogP contribution in [0.3, 0.4) is 0 Å². The maximum absolute atomic E-state index is 5.68. The van der Waals surface area contributed by atoms with E-state index in [1.807, 2.05) is 6.26 Å². The van der Waals surface area contributed by atoms with Crippen molar-refractivity contribution in [1.82, 2.24) is 10.2 Å². The molecule has 0 bridgehead atoms. The number of hydrogen-bond donors (Lipinski definition) is 1. The summed E-state index contributed by atoms with van der Waals surface area (Å²) >= 11 is 2.11. The number of furan rings is 1. The molecule has 1 aromatic heterocycles. The Labute approximate surface area is 121 Å². The molecule has 1 atom stereocenters. The van der Waals surface area contributed by atoms with E-state index in [9.17, 15) is 0 Å². The van der Waals surface area contributed by atoms with E-state index in [1.165, 1.54) is 30.8 Å². The largest absolute Gasteiger partial charge is 0.468 e. The number of hydrogen-bond acceptors (Lipinski definition) is 4. The van der Waals surface area contributed by atoms with Gasteiger partial charge in [0.05, 0.1) is 12.8 Å². The van der Waals surface area contributed by atoms with Crippen LogP contribution in [0, 0.1) is 0 Å². The highest BCUT2D eigenvalue weighted by Crippen LogP contribution is 2.23. The van der Waals surface area contributed by atoms with E-state index in [-0.39, 0.29) is 0 Å². The summed E-state index contributed by atoms with van der Waals surface area (Å²) in [4.78, 5) is 2.53. The summed E-state index contributed by atoms with van der Waals surface area (Å²) in [5.74, 6) is 2.38. The smallest absolute Gasteiger partial charge is 0.122 e. The molecule has 0 aromatic carbocycles. The lowest BCUT2D eigenvalue weighted by Gasteiger charge is -2.31. The molecule has 2 rings (SSSR count). The summed E-state index contributed by atoms with van der Waals surface area (Å²) in [6.07, 6.45) is 3.09. The minimum absolute atomic E-state index is 0.513. The molecule has 1 aliphatic rings. The molecule has 2 heterocycles. The predicted octanol–water partition coefficient (Wildman–Crippen LogP) is 3.11. The van der Waals surface area contributed by atoms with Crippen molar-refractivity contribution in [3.05, 3.63) is 23.7 Å². The van der Waals surface area contributed by atoms with Crippen molar-refractivity contribution >= 4 is 11.8 Å². The normalized spacial score (nSPS) is 21.2. The van der Waals surface area contributed by atoms with Gasteiger partial charge < -0.3 is 9.73 Å². The van der Waals surface area contributed by atoms with E-state index in [0.717, 1.165) is 24.1 Å². The van der Waals surface area contributed by atoms with Crippen LogP contribution in [0.1, 0.15) is 38.5 Å². The Morgan fingerprint density at radius 1 is 1.53 bits per heavy atom. The Balaban J connectivity index is 1.89. The molecule has 0 amide bonds. The molecule has 1 aliphatic heterocycles. The summed E-state index contributed by atoms with van der Waals surface area (Å²) in [6.45, 7) is 10.9. The van der Waals surface area contributed by atoms with E-state index in [4.69, 9.17) is 4.42 Å². The molecule has 0 spiro atoms. The van der Waals surface area contributed by atoms with E-state index >= 15 is 0 Å². The SMILES string of the molecule is CCC1CN(Cc2occc2CNC(C)C)CCS1. The highest BCUT2D eigenvalue weighted by atomic mass is 32.2. The Morgan fingerprint density at radius 2 is 2.37 bits per heavy atom. The Morgan fingerprint density at radius 3 is 3.11 bits per heavy atom. The molecule has 0 saturated carbocycles. The molecule has 1 saturated heterocycles. The van der Waals surface area contributed by atoms with Crippen molar-refractivity contribution in [2.24, 2.45) is 0 Å². The molecule has 19 heavy (non-hydrogen) atoms. The average Bonchev–Trinajstić information content (AvgIpc) is 2.84. The summed E-state index contributed by atoms with van der Waals surface area (Å²) < 4.78 is 5.68. The Hall–Kier alpha value is -0.450. The van der Waals surface area contributed by atoms with Crippen LogP contribution >= 0.6 is 11.8 Å². The quantitative estimate of drug-likeness (QED) is 0.868. The van der Waals surface area contributed by atoms with E-state index in [2.05, 4.69) is 48.8 Å². The molecule has 1 aromatic rings. The number of rotatable bonds is 6. The van der Waals surface area contributed by atoms with Crippen molar-refractivity contribution in [1.29, 1.82) is 0 Å². The standard InChI is InChI=1S/C15H26N2OS/c1-4-14-10-17(6-8-19-14)11-15-13(5-7-18-15)9-16-12(2)3/h5,7,12,14,16H,4,6,8-11H2,1-3H3. The van der Waals surface area contributed by atoms with Crippen LogP contribution < -0.4 is 5.32 Å². The second-order valence-electron chi connectivity index (χ2n) is 5.54. The van der Waals surface area contributed by atoms with Crippen molar-refractivity contribution in [3.8, 4) is 0 Å². The lowest BCUT2D eigenvalue weighted by atomic mass is 10.2. The van der Waals surface area contributed by atoms with Crippen LogP contribution in [-0.4, -0.2) is 35.0 Å². The second kappa shape index (κ2) is 7.36. The minimum atomic E-state index is 0.513. The third-order valence-corrected chi connectivity index (χ3v) is 4.96. The van der Waals surface area contributed by atoms with Gasteiger partial charge in [0.1, 0.15) is 5.76 Å². The van der Waals surface area contributed by atoms with Crippen molar-refractivity contribution < 1.29 is 4.42 Å². The van der Waals surface area contributed by atoms with Crippen molar-refractivity contribution in [2.45, 2.75) is 51.6 Å². The average molecular weight is 282 g/mol. The fourth-order valence-corrected chi connectivity index (χ4v) is 3.60. The van der Waals surface area contributed by atoms with Gasteiger partial charge in [0, 0.05) is 42.2 Å². The zero-order valence-electron chi connectivity index (χ0n) is 12.3. The third-order valence-electron chi connectivity index (χ3n) is 3.58. The van der Waals surface area contributed by atoms with Gasteiger partial charge in [-0.1, -0.05) is 20.8 Å². The van der Waals surface area contributed by atoms with Crippen LogP contribution in [0.4, 0.5) is 0 Å². The van der Waals surface area contributed by atoms with Crippen LogP contribution in [-0.2, 0) is 13.1 Å². The maximum atomic E-state index is 5.68. The van der Waals surface area contributed by atoms with Crippen LogP contribution in [0.25, 0.3) is 0 Å². The lowest BCUT2D eigenvalue weighted by molar-refractivity contribution is 0.249. The second-order valence-corrected chi connectivity index (χ2v) is 6.95. The topological polar surface area (TPSA) is 28.4 Å². The van der Waals surface area contributed by atoms with E-state index in [1.54, 1.807) is 0 Å².